The maximum absolute atomic E-state index is 12.4. The number of aromatic nitrogens is 2. The number of aromatic amines is 1. The number of fused-ring (bicyclic) bond motifs is 1. The lowest BCUT2D eigenvalue weighted by molar-refractivity contribution is -0.0809. The third kappa shape index (κ3) is 3.29. The molecule has 7 heteroatoms. The van der Waals surface area contributed by atoms with Gasteiger partial charge in [0.2, 0.25) is 0 Å². The van der Waals surface area contributed by atoms with Gasteiger partial charge in [-0.15, -0.1) is 0 Å². The molecule has 0 aliphatic rings. The van der Waals surface area contributed by atoms with Crippen LogP contribution in [0.5, 0.6) is 0 Å². The number of nitrogens with zero attached hydrogens (tertiary/aromatic N) is 1. The Bertz CT molecular complexity index is 571. The van der Waals surface area contributed by atoms with E-state index in [4.69, 9.17) is 0 Å². The summed E-state index contributed by atoms with van der Waals surface area (Å²) in [5.41, 5.74) is -0.376. The Balaban J connectivity index is 2.01. The molecule has 0 aliphatic heterocycles. The van der Waals surface area contributed by atoms with Crippen LogP contribution < -0.4 is 5.32 Å². The van der Waals surface area contributed by atoms with Crippen molar-refractivity contribution in [1.82, 2.24) is 15.3 Å². The average molecular weight is 334 g/mol. The number of imidazole rings is 1. The van der Waals surface area contributed by atoms with Crippen LogP contribution in [0.25, 0.3) is 11.0 Å². The van der Waals surface area contributed by atoms with Crippen molar-refractivity contribution in [3.63, 3.8) is 0 Å². The van der Waals surface area contributed by atoms with Gasteiger partial charge in [0, 0.05) is 11.0 Å². The van der Waals surface area contributed by atoms with E-state index in [0.29, 0.717) is 5.82 Å². The first-order valence-electron chi connectivity index (χ1n) is 5.74. The van der Waals surface area contributed by atoms with Crippen molar-refractivity contribution in [3.05, 3.63) is 28.5 Å². The summed E-state index contributed by atoms with van der Waals surface area (Å²) in [6.07, 6.45) is -2.79. The van der Waals surface area contributed by atoms with Crippen LogP contribution >= 0.6 is 15.9 Å². The zero-order valence-electron chi connectivity index (χ0n) is 10.3. The smallest absolute Gasteiger partial charge is 0.267 e. The van der Waals surface area contributed by atoms with E-state index in [9.17, 15) is 13.9 Å². The molecule has 0 spiro atoms. The van der Waals surface area contributed by atoms with Crippen molar-refractivity contribution < 1.29 is 13.9 Å². The Kier molecular flexibility index (Phi) is 4.17. The maximum Gasteiger partial charge on any atom is 0.267 e. The zero-order valence-corrected chi connectivity index (χ0v) is 11.8. The number of halogens is 3. The number of nitrogens with one attached hydrogen (secondary N) is 2. The van der Waals surface area contributed by atoms with Crippen molar-refractivity contribution in [2.45, 2.75) is 25.5 Å². The van der Waals surface area contributed by atoms with Gasteiger partial charge in [0.25, 0.3) is 6.43 Å². The summed E-state index contributed by atoms with van der Waals surface area (Å²) >= 11 is 3.39. The summed E-state index contributed by atoms with van der Waals surface area (Å²) < 4.78 is 25.7. The highest BCUT2D eigenvalue weighted by Gasteiger charge is 2.31. The SMILES string of the molecule is CC(O)(CNCc1nc2c(Br)cccc2[nH]1)C(F)F. The van der Waals surface area contributed by atoms with E-state index in [0.717, 1.165) is 22.4 Å². The van der Waals surface area contributed by atoms with Gasteiger partial charge in [0.05, 0.1) is 12.1 Å². The Morgan fingerprint density at radius 1 is 1.53 bits per heavy atom. The van der Waals surface area contributed by atoms with Crippen LogP contribution in [-0.2, 0) is 6.54 Å². The highest BCUT2D eigenvalue weighted by molar-refractivity contribution is 9.10. The second-order valence-corrected chi connectivity index (χ2v) is 5.44. The Hall–Kier alpha value is -1.05. The molecule has 0 saturated heterocycles. The largest absolute Gasteiger partial charge is 0.383 e. The van der Waals surface area contributed by atoms with E-state index in [2.05, 4.69) is 31.2 Å². The van der Waals surface area contributed by atoms with E-state index >= 15 is 0 Å². The van der Waals surface area contributed by atoms with Crippen LogP contribution in [0.1, 0.15) is 12.7 Å². The molecular weight excluding hydrogens is 320 g/mol. The molecule has 1 unspecified atom stereocenters. The molecule has 2 aromatic rings. The van der Waals surface area contributed by atoms with Gasteiger partial charge in [-0.05, 0) is 35.0 Å². The van der Waals surface area contributed by atoms with E-state index < -0.39 is 12.0 Å². The lowest BCUT2D eigenvalue weighted by Crippen LogP contribution is -2.43. The normalized spacial score (nSPS) is 15.1. The van der Waals surface area contributed by atoms with Crippen LogP contribution in [0.2, 0.25) is 0 Å². The molecule has 1 atom stereocenters. The quantitative estimate of drug-likeness (QED) is 0.787. The van der Waals surface area contributed by atoms with Crippen LogP contribution in [0.3, 0.4) is 0 Å². The molecule has 0 fully saturated rings. The molecule has 1 heterocycles. The van der Waals surface area contributed by atoms with Gasteiger partial charge in [-0.2, -0.15) is 0 Å². The van der Waals surface area contributed by atoms with Crippen molar-refractivity contribution >= 4 is 27.0 Å². The molecule has 4 nitrogen and oxygen atoms in total. The molecule has 0 aliphatic carbocycles. The van der Waals surface area contributed by atoms with Crippen LogP contribution in [0.4, 0.5) is 8.78 Å². The molecule has 19 heavy (non-hydrogen) atoms. The van der Waals surface area contributed by atoms with Gasteiger partial charge in [0.1, 0.15) is 16.9 Å². The number of para-hydroxylation sites is 1. The van der Waals surface area contributed by atoms with E-state index in [1.165, 1.54) is 0 Å². The minimum atomic E-state index is -2.79. The number of benzene rings is 1. The Morgan fingerprint density at radius 2 is 2.26 bits per heavy atom. The first-order valence-corrected chi connectivity index (χ1v) is 6.54. The second kappa shape index (κ2) is 5.52. The highest BCUT2D eigenvalue weighted by atomic mass is 79.9. The first kappa shape index (κ1) is 14.4. The number of rotatable bonds is 5. The predicted molar refractivity (Wildman–Crippen MR) is 72.1 cm³/mol. The summed E-state index contributed by atoms with van der Waals surface area (Å²) in [5.74, 6) is 0.631. The van der Waals surface area contributed by atoms with Gasteiger partial charge in [-0.1, -0.05) is 6.07 Å². The van der Waals surface area contributed by atoms with Crippen LogP contribution in [0.15, 0.2) is 22.7 Å². The topological polar surface area (TPSA) is 60.9 Å². The minimum absolute atomic E-state index is 0.205. The second-order valence-electron chi connectivity index (χ2n) is 4.58. The van der Waals surface area contributed by atoms with Crippen molar-refractivity contribution in [2.24, 2.45) is 0 Å². The molecule has 0 saturated carbocycles. The average Bonchev–Trinajstić information content (AvgIpc) is 2.73. The van der Waals surface area contributed by atoms with Gasteiger partial charge in [0.15, 0.2) is 0 Å². The van der Waals surface area contributed by atoms with Gasteiger partial charge in [-0.25, -0.2) is 13.8 Å². The number of hydrogen-bond acceptors (Lipinski definition) is 3. The Labute approximate surface area is 117 Å². The molecule has 0 radical (unpaired) electrons. The molecule has 1 aromatic carbocycles. The third-order valence-electron chi connectivity index (χ3n) is 2.76. The molecule has 104 valence electrons. The minimum Gasteiger partial charge on any atom is -0.383 e. The number of alkyl halides is 2. The summed E-state index contributed by atoms with van der Waals surface area (Å²) in [6.45, 7) is 1.17. The number of H-pyrrole nitrogens is 1. The fourth-order valence-corrected chi connectivity index (χ4v) is 2.10. The molecule has 3 N–H and O–H groups in total. The summed E-state index contributed by atoms with van der Waals surface area (Å²) in [6, 6.07) is 5.64. The van der Waals surface area contributed by atoms with Crippen molar-refractivity contribution in [3.8, 4) is 0 Å². The fourth-order valence-electron chi connectivity index (χ4n) is 1.64. The van der Waals surface area contributed by atoms with Gasteiger partial charge >= 0.3 is 0 Å². The fraction of sp³-hybridized carbons (Fsp3) is 0.417. The van der Waals surface area contributed by atoms with Crippen LogP contribution in [-0.4, -0.2) is 33.6 Å². The van der Waals surface area contributed by atoms with E-state index in [1.54, 1.807) is 0 Å². The Morgan fingerprint density at radius 3 is 2.89 bits per heavy atom. The molecule has 0 amide bonds. The standard InChI is InChI=1S/C12H14BrF2N3O/c1-12(19,11(14)15)6-16-5-9-17-8-4-2-3-7(13)10(8)18-9/h2-4,11,16,19H,5-6H2,1H3,(H,17,18). The first-order chi connectivity index (χ1) is 8.90. The molecule has 0 bridgehead atoms. The van der Waals surface area contributed by atoms with Crippen molar-refractivity contribution in [1.29, 1.82) is 0 Å². The zero-order chi connectivity index (χ0) is 14.0. The van der Waals surface area contributed by atoms with Gasteiger partial charge in [-0.3, -0.25) is 0 Å². The lowest BCUT2D eigenvalue weighted by atomic mass is 10.1. The summed E-state index contributed by atoms with van der Waals surface area (Å²) in [5, 5.41) is 12.2. The summed E-state index contributed by atoms with van der Waals surface area (Å²) in [7, 11) is 0. The van der Waals surface area contributed by atoms with E-state index in [-0.39, 0.29) is 13.1 Å². The monoisotopic (exact) mass is 333 g/mol. The number of hydrogen-bond donors (Lipinski definition) is 3. The predicted octanol–water partition coefficient (Wildman–Crippen LogP) is 2.43. The molecular formula is C12H14BrF2N3O. The van der Waals surface area contributed by atoms with E-state index in [1.807, 2.05) is 18.2 Å². The lowest BCUT2D eigenvalue weighted by Gasteiger charge is -2.22. The van der Waals surface area contributed by atoms with Gasteiger partial charge < -0.3 is 15.4 Å². The highest BCUT2D eigenvalue weighted by Crippen LogP contribution is 2.21. The summed E-state index contributed by atoms with van der Waals surface area (Å²) in [4.78, 5) is 7.42. The molecule has 1 aromatic heterocycles. The van der Waals surface area contributed by atoms with Crippen molar-refractivity contribution in [2.75, 3.05) is 6.54 Å². The third-order valence-corrected chi connectivity index (χ3v) is 3.40. The molecule has 2 rings (SSSR count). The maximum atomic E-state index is 12.4. The number of aliphatic hydroxyl groups is 1. The van der Waals surface area contributed by atoms with Crippen LogP contribution in [0, 0.1) is 0 Å².